The van der Waals surface area contributed by atoms with E-state index in [0.717, 1.165) is 29.7 Å². The summed E-state index contributed by atoms with van der Waals surface area (Å²) in [7, 11) is 3.53. The first-order chi connectivity index (χ1) is 9.17. The van der Waals surface area contributed by atoms with Crippen LogP contribution in [0.15, 0.2) is 24.3 Å². The van der Waals surface area contributed by atoms with E-state index in [-0.39, 0.29) is 11.9 Å². The Labute approximate surface area is 113 Å². The van der Waals surface area contributed by atoms with Gasteiger partial charge in [0.1, 0.15) is 11.9 Å². The van der Waals surface area contributed by atoms with E-state index in [2.05, 4.69) is 4.98 Å². The quantitative estimate of drug-likeness (QED) is 0.801. The van der Waals surface area contributed by atoms with E-state index in [1.807, 2.05) is 42.8 Å². The summed E-state index contributed by atoms with van der Waals surface area (Å²) in [5.41, 5.74) is 1.98. The fraction of sp³-hybridized carbons (Fsp3) is 0.467. The van der Waals surface area contributed by atoms with Crippen molar-refractivity contribution in [3.63, 3.8) is 0 Å². The van der Waals surface area contributed by atoms with Crippen LogP contribution in [0, 0.1) is 0 Å². The van der Waals surface area contributed by atoms with Gasteiger partial charge in [0, 0.05) is 14.2 Å². The summed E-state index contributed by atoms with van der Waals surface area (Å²) in [4.78, 5) is 16.7. The molecule has 4 nitrogen and oxygen atoms in total. The highest BCUT2D eigenvalue weighted by Gasteiger charge is 2.19. The zero-order valence-electron chi connectivity index (χ0n) is 11.7. The molecule has 0 amide bonds. The number of para-hydroxylation sites is 2. The third-order valence-corrected chi connectivity index (χ3v) is 3.41. The highest BCUT2D eigenvalue weighted by atomic mass is 16.5. The van der Waals surface area contributed by atoms with E-state index < -0.39 is 0 Å². The van der Waals surface area contributed by atoms with E-state index in [1.54, 1.807) is 7.11 Å². The highest BCUT2D eigenvalue weighted by Crippen LogP contribution is 2.16. The first kappa shape index (κ1) is 13.7. The van der Waals surface area contributed by atoms with Gasteiger partial charge in [-0.3, -0.25) is 4.79 Å². The van der Waals surface area contributed by atoms with Gasteiger partial charge in [-0.25, -0.2) is 4.98 Å². The van der Waals surface area contributed by atoms with Gasteiger partial charge in [-0.1, -0.05) is 25.5 Å². The first-order valence-corrected chi connectivity index (χ1v) is 6.63. The van der Waals surface area contributed by atoms with Gasteiger partial charge in [-0.15, -0.1) is 0 Å². The minimum Gasteiger partial charge on any atom is -0.374 e. The number of rotatable bonds is 6. The van der Waals surface area contributed by atoms with Crippen LogP contribution in [-0.4, -0.2) is 28.5 Å². The molecule has 1 heterocycles. The van der Waals surface area contributed by atoms with Crippen molar-refractivity contribution in [2.24, 2.45) is 7.05 Å². The number of carbonyl (C=O) groups excluding carboxylic acids is 1. The van der Waals surface area contributed by atoms with Crippen molar-refractivity contribution in [3.8, 4) is 0 Å². The molecular weight excluding hydrogens is 240 g/mol. The molecule has 0 aliphatic carbocycles. The molecular formula is C15H20N2O2. The lowest BCUT2D eigenvalue weighted by molar-refractivity contribution is -0.128. The maximum atomic E-state index is 12.2. The van der Waals surface area contributed by atoms with Gasteiger partial charge in [0.2, 0.25) is 0 Å². The molecule has 0 aliphatic rings. The minimum absolute atomic E-state index is 0.0998. The number of aromatic nitrogens is 2. The summed E-state index contributed by atoms with van der Waals surface area (Å²) < 4.78 is 7.23. The highest BCUT2D eigenvalue weighted by molar-refractivity contribution is 5.86. The lowest BCUT2D eigenvalue weighted by Gasteiger charge is -2.12. The number of fused-ring (bicyclic) bond motifs is 1. The average Bonchev–Trinajstić information content (AvgIpc) is 2.73. The van der Waals surface area contributed by atoms with Gasteiger partial charge in [0.25, 0.3) is 0 Å². The number of Topliss-reactive ketones (excluding diaryl/α,β-unsaturated/α-hetero) is 1. The smallest absolute Gasteiger partial charge is 0.169 e. The number of aryl methyl sites for hydroxylation is 1. The van der Waals surface area contributed by atoms with Crippen LogP contribution in [0.4, 0.5) is 0 Å². The number of hydrogen-bond acceptors (Lipinski definition) is 3. The predicted molar refractivity (Wildman–Crippen MR) is 75.1 cm³/mol. The maximum absolute atomic E-state index is 12.2. The number of ether oxygens (including phenoxy) is 1. The number of hydrogen-bond donors (Lipinski definition) is 0. The van der Waals surface area contributed by atoms with Crippen molar-refractivity contribution in [2.75, 3.05) is 7.11 Å². The SMILES string of the molecule is CCCC(OC)C(=O)Cc1nc2ccccc2n1C. The zero-order valence-corrected chi connectivity index (χ0v) is 11.7. The second-order valence-electron chi connectivity index (χ2n) is 4.73. The van der Waals surface area contributed by atoms with Crippen molar-refractivity contribution in [3.05, 3.63) is 30.1 Å². The molecule has 0 fully saturated rings. The van der Waals surface area contributed by atoms with Gasteiger partial charge in [0.05, 0.1) is 17.5 Å². The van der Waals surface area contributed by atoms with Crippen molar-refractivity contribution in [2.45, 2.75) is 32.3 Å². The third kappa shape index (κ3) is 2.84. The molecule has 1 atom stereocenters. The molecule has 0 saturated carbocycles. The van der Waals surface area contributed by atoms with E-state index in [4.69, 9.17) is 4.74 Å². The van der Waals surface area contributed by atoms with Crippen LogP contribution in [0.2, 0.25) is 0 Å². The Kier molecular flexibility index (Phi) is 4.32. The molecule has 0 bridgehead atoms. The summed E-state index contributed by atoms with van der Waals surface area (Å²) >= 11 is 0. The fourth-order valence-corrected chi connectivity index (χ4v) is 2.30. The van der Waals surface area contributed by atoms with Crippen LogP contribution in [0.3, 0.4) is 0 Å². The first-order valence-electron chi connectivity index (χ1n) is 6.63. The van der Waals surface area contributed by atoms with Crippen LogP contribution in [0.1, 0.15) is 25.6 Å². The van der Waals surface area contributed by atoms with Crippen molar-refractivity contribution in [1.29, 1.82) is 0 Å². The monoisotopic (exact) mass is 260 g/mol. The Morgan fingerprint density at radius 2 is 2.16 bits per heavy atom. The number of methoxy groups -OCH3 is 1. The molecule has 19 heavy (non-hydrogen) atoms. The van der Waals surface area contributed by atoms with E-state index in [0.29, 0.717) is 6.42 Å². The topological polar surface area (TPSA) is 44.1 Å². The van der Waals surface area contributed by atoms with Crippen LogP contribution >= 0.6 is 0 Å². The van der Waals surface area contributed by atoms with E-state index >= 15 is 0 Å². The number of benzene rings is 1. The van der Waals surface area contributed by atoms with E-state index in [9.17, 15) is 4.79 Å². The van der Waals surface area contributed by atoms with Crippen LogP contribution in [0.25, 0.3) is 11.0 Å². The average molecular weight is 260 g/mol. The summed E-state index contributed by atoms with van der Waals surface area (Å²) in [6, 6.07) is 7.90. The molecule has 0 N–H and O–H groups in total. The predicted octanol–water partition coefficient (Wildman–Crippen LogP) is 2.50. The molecule has 0 saturated heterocycles. The Morgan fingerprint density at radius 3 is 2.79 bits per heavy atom. The Bertz CT molecular complexity index is 575. The van der Waals surface area contributed by atoms with Gasteiger partial charge < -0.3 is 9.30 Å². The minimum atomic E-state index is -0.315. The molecule has 1 aromatic carbocycles. The number of imidazole rings is 1. The standard InChI is InChI=1S/C15H20N2O2/c1-4-7-14(19-3)13(18)10-15-16-11-8-5-6-9-12(11)17(15)2/h5-6,8-9,14H,4,7,10H2,1-3H3. The zero-order chi connectivity index (χ0) is 13.8. The largest absolute Gasteiger partial charge is 0.374 e. The lowest BCUT2D eigenvalue weighted by Crippen LogP contribution is -2.25. The summed E-state index contributed by atoms with van der Waals surface area (Å²) in [6.07, 6.45) is 1.71. The van der Waals surface area contributed by atoms with Crippen LogP contribution in [-0.2, 0) is 23.0 Å². The Hall–Kier alpha value is -1.68. The number of carbonyl (C=O) groups is 1. The summed E-state index contributed by atoms with van der Waals surface area (Å²) in [6.45, 7) is 2.05. The molecule has 0 spiro atoms. The van der Waals surface area contributed by atoms with Gasteiger partial charge in [-0.05, 0) is 18.6 Å². The molecule has 0 aliphatic heterocycles. The van der Waals surface area contributed by atoms with Gasteiger partial charge in [-0.2, -0.15) is 0 Å². The molecule has 102 valence electrons. The second-order valence-corrected chi connectivity index (χ2v) is 4.73. The maximum Gasteiger partial charge on any atom is 0.169 e. The van der Waals surface area contributed by atoms with Crippen molar-refractivity contribution in [1.82, 2.24) is 9.55 Å². The number of nitrogens with zero attached hydrogens (tertiary/aromatic N) is 2. The molecule has 0 radical (unpaired) electrons. The van der Waals surface area contributed by atoms with Crippen LogP contribution in [0.5, 0.6) is 0 Å². The molecule has 2 rings (SSSR count). The third-order valence-electron chi connectivity index (χ3n) is 3.41. The Morgan fingerprint density at radius 1 is 1.42 bits per heavy atom. The molecule has 1 unspecified atom stereocenters. The van der Waals surface area contributed by atoms with Gasteiger partial charge in [0.15, 0.2) is 5.78 Å². The van der Waals surface area contributed by atoms with Crippen molar-refractivity contribution >= 4 is 16.8 Å². The molecule has 1 aromatic heterocycles. The Balaban J connectivity index is 2.21. The van der Waals surface area contributed by atoms with Crippen molar-refractivity contribution < 1.29 is 9.53 Å². The van der Waals surface area contributed by atoms with E-state index in [1.165, 1.54) is 0 Å². The fourth-order valence-electron chi connectivity index (χ4n) is 2.30. The van der Waals surface area contributed by atoms with Crippen LogP contribution < -0.4 is 0 Å². The van der Waals surface area contributed by atoms with Gasteiger partial charge >= 0.3 is 0 Å². The number of ketones is 1. The summed E-state index contributed by atoms with van der Waals surface area (Å²) in [5, 5.41) is 0. The summed E-state index contributed by atoms with van der Waals surface area (Å²) in [5.74, 6) is 0.895. The second kappa shape index (κ2) is 5.97. The molecule has 2 aromatic rings. The molecule has 4 heteroatoms. The normalized spacial score (nSPS) is 12.8. The lowest BCUT2D eigenvalue weighted by atomic mass is 10.1.